The average Bonchev–Trinajstić information content (AvgIpc) is 2.71. The van der Waals surface area contributed by atoms with Crippen LogP contribution in [0, 0.1) is 13.8 Å². The fraction of sp³-hybridized carbons (Fsp3) is 0.136. The van der Waals surface area contributed by atoms with Gasteiger partial charge < -0.3 is 10.1 Å². The first kappa shape index (κ1) is 20.4. The van der Waals surface area contributed by atoms with Crippen LogP contribution in [-0.2, 0) is 10.0 Å². The topological polar surface area (TPSA) is 84.5 Å². The normalized spacial score (nSPS) is 11.0. The van der Waals surface area contributed by atoms with Gasteiger partial charge in [-0.05, 0) is 73.5 Å². The lowest BCUT2D eigenvalue weighted by Crippen LogP contribution is -2.15. The van der Waals surface area contributed by atoms with E-state index in [0.717, 1.165) is 16.8 Å². The smallest absolute Gasteiger partial charge is 0.261 e. The summed E-state index contributed by atoms with van der Waals surface area (Å²) in [5.74, 6) is 0.315. The van der Waals surface area contributed by atoms with E-state index in [1.54, 1.807) is 36.4 Å². The van der Waals surface area contributed by atoms with Crippen LogP contribution in [0.1, 0.15) is 21.5 Å². The Kier molecular flexibility index (Phi) is 5.89. The summed E-state index contributed by atoms with van der Waals surface area (Å²) in [5, 5.41) is 2.91. The standard InChI is InChI=1S/C22H22N2O4S/c1-15-5-4-6-16(2)21(15)23-22(25)17-7-9-18(10-8-17)24-29(26,27)20-13-11-19(28-3)12-14-20/h4-14,24H,1-3H3,(H,23,25). The van der Waals surface area contributed by atoms with Crippen LogP contribution in [0.15, 0.2) is 71.6 Å². The number of carbonyl (C=O) groups excluding carboxylic acids is 1. The number of para-hydroxylation sites is 1. The molecular weight excluding hydrogens is 388 g/mol. The second-order valence-electron chi connectivity index (χ2n) is 6.58. The molecule has 0 aromatic heterocycles. The van der Waals surface area contributed by atoms with Crippen molar-refractivity contribution in [3.05, 3.63) is 83.4 Å². The van der Waals surface area contributed by atoms with Gasteiger partial charge in [-0.25, -0.2) is 8.42 Å². The van der Waals surface area contributed by atoms with Crippen molar-refractivity contribution >= 4 is 27.3 Å². The molecule has 0 heterocycles. The lowest BCUT2D eigenvalue weighted by atomic mass is 10.1. The van der Waals surface area contributed by atoms with E-state index in [1.807, 2.05) is 32.0 Å². The van der Waals surface area contributed by atoms with Crippen LogP contribution in [0.3, 0.4) is 0 Å². The lowest BCUT2D eigenvalue weighted by molar-refractivity contribution is 0.102. The minimum Gasteiger partial charge on any atom is -0.497 e. The molecule has 150 valence electrons. The highest BCUT2D eigenvalue weighted by molar-refractivity contribution is 7.92. The van der Waals surface area contributed by atoms with Crippen molar-refractivity contribution in [1.82, 2.24) is 0 Å². The number of aryl methyl sites for hydroxylation is 2. The zero-order chi connectivity index (χ0) is 21.0. The Morgan fingerprint density at radius 3 is 2.00 bits per heavy atom. The molecule has 29 heavy (non-hydrogen) atoms. The highest BCUT2D eigenvalue weighted by Crippen LogP contribution is 2.22. The van der Waals surface area contributed by atoms with Crippen molar-refractivity contribution in [2.75, 3.05) is 17.1 Å². The zero-order valence-corrected chi connectivity index (χ0v) is 17.2. The lowest BCUT2D eigenvalue weighted by Gasteiger charge is -2.12. The van der Waals surface area contributed by atoms with Crippen molar-refractivity contribution in [3.8, 4) is 5.75 Å². The van der Waals surface area contributed by atoms with Gasteiger partial charge in [-0.15, -0.1) is 0 Å². The minimum absolute atomic E-state index is 0.121. The second-order valence-corrected chi connectivity index (χ2v) is 8.26. The van der Waals surface area contributed by atoms with Crippen LogP contribution in [0.4, 0.5) is 11.4 Å². The molecule has 2 N–H and O–H groups in total. The van der Waals surface area contributed by atoms with Crippen molar-refractivity contribution < 1.29 is 17.9 Å². The molecule has 0 unspecified atom stereocenters. The van der Waals surface area contributed by atoms with E-state index in [2.05, 4.69) is 10.0 Å². The van der Waals surface area contributed by atoms with Gasteiger partial charge in [-0.3, -0.25) is 9.52 Å². The van der Waals surface area contributed by atoms with E-state index >= 15 is 0 Å². The largest absolute Gasteiger partial charge is 0.497 e. The molecule has 1 amide bonds. The number of hydrogen-bond donors (Lipinski definition) is 2. The maximum atomic E-state index is 12.5. The van der Waals surface area contributed by atoms with E-state index in [-0.39, 0.29) is 10.8 Å². The van der Waals surface area contributed by atoms with E-state index in [1.165, 1.54) is 19.2 Å². The SMILES string of the molecule is COc1ccc(S(=O)(=O)Nc2ccc(C(=O)Nc3c(C)cccc3C)cc2)cc1. The molecule has 0 aliphatic heterocycles. The molecule has 7 heteroatoms. The molecule has 0 saturated heterocycles. The van der Waals surface area contributed by atoms with Gasteiger partial charge in [0.2, 0.25) is 0 Å². The van der Waals surface area contributed by atoms with E-state index < -0.39 is 10.0 Å². The molecular formula is C22H22N2O4S. The Bertz CT molecular complexity index is 1100. The minimum atomic E-state index is -3.74. The van der Waals surface area contributed by atoms with Gasteiger partial charge in [0.15, 0.2) is 0 Å². The third-order valence-electron chi connectivity index (χ3n) is 4.49. The number of benzene rings is 3. The number of carbonyl (C=O) groups is 1. The Morgan fingerprint density at radius 1 is 0.862 bits per heavy atom. The number of ether oxygens (including phenoxy) is 1. The molecule has 0 radical (unpaired) electrons. The predicted molar refractivity (Wildman–Crippen MR) is 114 cm³/mol. The maximum Gasteiger partial charge on any atom is 0.261 e. The molecule has 0 aliphatic carbocycles. The zero-order valence-electron chi connectivity index (χ0n) is 16.4. The molecule has 0 spiro atoms. The van der Waals surface area contributed by atoms with Crippen LogP contribution in [0.2, 0.25) is 0 Å². The van der Waals surface area contributed by atoms with Crippen molar-refractivity contribution in [2.45, 2.75) is 18.7 Å². The highest BCUT2D eigenvalue weighted by Gasteiger charge is 2.15. The molecule has 0 atom stereocenters. The first-order valence-corrected chi connectivity index (χ1v) is 10.4. The van der Waals surface area contributed by atoms with Crippen LogP contribution < -0.4 is 14.8 Å². The number of rotatable bonds is 6. The van der Waals surface area contributed by atoms with Gasteiger partial charge in [0.1, 0.15) is 5.75 Å². The van der Waals surface area contributed by atoms with Crippen molar-refractivity contribution in [3.63, 3.8) is 0 Å². The van der Waals surface area contributed by atoms with Crippen LogP contribution in [0.5, 0.6) is 5.75 Å². The Hall–Kier alpha value is -3.32. The number of amides is 1. The molecule has 3 aromatic carbocycles. The van der Waals surface area contributed by atoms with Crippen LogP contribution >= 0.6 is 0 Å². The van der Waals surface area contributed by atoms with Gasteiger partial charge >= 0.3 is 0 Å². The fourth-order valence-electron chi connectivity index (χ4n) is 2.86. The molecule has 3 rings (SSSR count). The fourth-order valence-corrected chi connectivity index (χ4v) is 3.91. The quantitative estimate of drug-likeness (QED) is 0.632. The van der Waals surface area contributed by atoms with Crippen LogP contribution in [0.25, 0.3) is 0 Å². The second kappa shape index (κ2) is 8.36. The van der Waals surface area contributed by atoms with Crippen LogP contribution in [-0.4, -0.2) is 21.4 Å². The van der Waals surface area contributed by atoms with E-state index in [4.69, 9.17) is 4.74 Å². The summed E-state index contributed by atoms with van der Waals surface area (Å²) in [4.78, 5) is 12.7. The van der Waals surface area contributed by atoms with E-state index in [0.29, 0.717) is 17.0 Å². The average molecular weight is 410 g/mol. The third-order valence-corrected chi connectivity index (χ3v) is 5.89. The summed E-state index contributed by atoms with van der Waals surface area (Å²) >= 11 is 0. The van der Waals surface area contributed by atoms with Crippen molar-refractivity contribution in [1.29, 1.82) is 0 Å². The first-order chi connectivity index (χ1) is 13.8. The Labute approximate surface area is 170 Å². The maximum absolute atomic E-state index is 12.5. The Morgan fingerprint density at radius 2 is 1.45 bits per heavy atom. The monoisotopic (exact) mass is 410 g/mol. The third kappa shape index (κ3) is 4.75. The molecule has 0 bridgehead atoms. The van der Waals surface area contributed by atoms with Gasteiger partial charge in [0.25, 0.3) is 15.9 Å². The predicted octanol–water partition coefficient (Wildman–Crippen LogP) is 4.37. The first-order valence-electron chi connectivity index (χ1n) is 8.94. The molecule has 0 saturated carbocycles. The number of sulfonamides is 1. The highest BCUT2D eigenvalue weighted by atomic mass is 32.2. The van der Waals surface area contributed by atoms with E-state index in [9.17, 15) is 13.2 Å². The molecule has 6 nitrogen and oxygen atoms in total. The number of methoxy groups -OCH3 is 1. The molecule has 3 aromatic rings. The summed E-state index contributed by atoms with van der Waals surface area (Å²) in [6.07, 6.45) is 0. The molecule has 0 fully saturated rings. The van der Waals surface area contributed by atoms with Gasteiger partial charge in [0.05, 0.1) is 12.0 Å². The van der Waals surface area contributed by atoms with Crippen molar-refractivity contribution in [2.24, 2.45) is 0 Å². The number of nitrogens with one attached hydrogen (secondary N) is 2. The van der Waals surface area contributed by atoms with Gasteiger partial charge in [0, 0.05) is 16.9 Å². The summed E-state index contributed by atoms with van der Waals surface area (Å²) in [6.45, 7) is 3.86. The number of hydrogen-bond acceptors (Lipinski definition) is 4. The summed E-state index contributed by atoms with van der Waals surface area (Å²) in [5.41, 5.74) is 3.52. The number of anilines is 2. The summed E-state index contributed by atoms with van der Waals surface area (Å²) in [7, 11) is -2.22. The van der Waals surface area contributed by atoms with Gasteiger partial charge in [-0.1, -0.05) is 18.2 Å². The van der Waals surface area contributed by atoms with Gasteiger partial charge in [-0.2, -0.15) is 0 Å². The summed E-state index contributed by atoms with van der Waals surface area (Å²) in [6, 6.07) is 18.2. The summed E-state index contributed by atoms with van der Waals surface area (Å²) < 4.78 is 32.6. The molecule has 0 aliphatic rings. The Balaban J connectivity index is 1.73.